The fourth-order valence-corrected chi connectivity index (χ4v) is 2.95. The number of aryl methyl sites for hydroxylation is 1. The summed E-state index contributed by atoms with van der Waals surface area (Å²) in [6.07, 6.45) is 3.24. The van der Waals surface area contributed by atoms with Crippen molar-refractivity contribution in [1.82, 2.24) is 9.55 Å². The first-order valence-corrected chi connectivity index (χ1v) is 8.18. The summed E-state index contributed by atoms with van der Waals surface area (Å²) in [6, 6.07) is 9.69. The van der Waals surface area contributed by atoms with E-state index in [0.717, 1.165) is 18.8 Å². The number of benzene rings is 1. The van der Waals surface area contributed by atoms with Crippen molar-refractivity contribution in [2.75, 3.05) is 43.1 Å². The molecule has 0 unspecified atom stereocenters. The Kier molecular flexibility index (Phi) is 5.00. The summed E-state index contributed by atoms with van der Waals surface area (Å²) in [5.74, 6) is 0.420. The van der Waals surface area contributed by atoms with Gasteiger partial charge in [0.15, 0.2) is 5.82 Å². The summed E-state index contributed by atoms with van der Waals surface area (Å²) >= 11 is 0. The van der Waals surface area contributed by atoms with Crippen molar-refractivity contribution in [3.63, 3.8) is 0 Å². The van der Waals surface area contributed by atoms with Gasteiger partial charge in [0.1, 0.15) is 0 Å². The summed E-state index contributed by atoms with van der Waals surface area (Å²) in [4.78, 5) is 20.5. The lowest BCUT2D eigenvalue weighted by atomic mass is 10.2. The number of hydrogen-bond acceptors (Lipinski definition) is 6. The Morgan fingerprint density at radius 2 is 2.16 bits per heavy atom. The molecule has 0 N–H and O–H groups in total. The highest BCUT2D eigenvalue weighted by atomic mass is 16.5. The summed E-state index contributed by atoms with van der Waals surface area (Å²) in [7, 11) is 3.57. The SMILES string of the molecule is CN(C[C@@H]1CN(c2ccc(C#N)cc2)CCO1)c1nccn(C)c1=O. The normalized spacial score (nSPS) is 17.2. The van der Waals surface area contributed by atoms with E-state index in [4.69, 9.17) is 10.00 Å². The molecular formula is C18H21N5O2. The van der Waals surface area contributed by atoms with Crippen molar-refractivity contribution in [1.29, 1.82) is 5.26 Å². The molecule has 0 saturated carbocycles. The third-order valence-corrected chi connectivity index (χ3v) is 4.34. The number of anilines is 2. The molecule has 0 aliphatic carbocycles. The molecule has 1 aromatic heterocycles. The van der Waals surface area contributed by atoms with Crippen molar-refractivity contribution < 1.29 is 4.74 Å². The summed E-state index contributed by atoms with van der Waals surface area (Å²) in [5, 5.41) is 8.91. The summed E-state index contributed by atoms with van der Waals surface area (Å²) in [6.45, 7) is 2.73. The van der Waals surface area contributed by atoms with Crippen LogP contribution in [-0.4, -0.2) is 48.9 Å². The molecule has 2 heterocycles. The minimum Gasteiger partial charge on any atom is -0.373 e. The molecule has 1 atom stereocenters. The van der Waals surface area contributed by atoms with Gasteiger partial charge in [0.05, 0.1) is 24.3 Å². The van der Waals surface area contributed by atoms with E-state index in [1.54, 1.807) is 19.4 Å². The van der Waals surface area contributed by atoms with Crippen LogP contribution in [0.2, 0.25) is 0 Å². The zero-order valence-corrected chi connectivity index (χ0v) is 14.4. The van der Waals surface area contributed by atoms with Crippen LogP contribution in [0.5, 0.6) is 0 Å². The first-order valence-electron chi connectivity index (χ1n) is 8.18. The number of likely N-dealkylation sites (N-methyl/N-ethyl adjacent to an activating group) is 1. The summed E-state index contributed by atoms with van der Waals surface area (Å²) in [5.41, 5.74) is 1.60. The Bertz CT molecular complexity index is 825. The number of nitrogens with zero attached hydrogens (tertiary/aromatic N) is 5. The van der Waals surface area contributed by atoms with Gasteiger partial charge in [-0.2, -0.15) is 5.26 Å². The lowest BCUT2D eigenvalue weighted by molar-refractivity contribution is 0.0458. The van der Waals surface area contributed by atoms with Gasteiger partial charge in [-0.3, -0.25) is 4.79 Å². The van der Waals surface area contributed by atoms with Gasteiger partial charge < -0.3 is 19.1 Å². The van der Waals surface area contributed by atoms with Crippen LogP contribution in [0.4, 0.5) is 11.5 Å². The van der Waals surface area contributed by atoms with Crippen molar-refractivity contribution in [2.24, 2.45) is 7.05 Å². The maximum Gasteiger partial charge on any atom is 0.293 e. The standard InChI is InChI=1S/C18H21N5O2/c1-21-8-7-20-17(18(21)24)22(2)12-16-13-23(9-10-25-16)15-5-3-14(11-19)4-6-15/h3-8,16H,9-10,12-13H2,1-2H3/t16-/m1/s1. The fraction of sp³-hybridized carbons (Fsp3) is 0.389. The second-order valence-corrected chi connectivity index (χ2v) is 6.14. The number of ether oxygens (including phenoxy) is 1. The average molecular weight is 339 g/mol. The minimum absolute atomic E-state index is 0.0268. The van der Waals surface area contributed by atoms with Gasteiger partial charge >= 0.3 is 0 Å². The van der Waals surface area contributed by atoms with Crippen molar-refractivity contribution >= 4 is 11.5 Å². The summed E-state index contributed by atoms with van der Waals surface area (Å²) < 4.78 is 7.38. The highest BCUT2D eigenvalue weighted by Crippen LogP contribution is 2.19. The fourth-order valence-electron chi connectivity index (χ4n) is 2.95. The van der Waals surface area contributed by atoms with Crippen LogP contribution in [0, 0.1) is 11.3 Å². The van der Waals surface area contributed by atoms with Crippen LogP contribution < -0.4 is 15.4 Å². The van der Waals surface area contributed by atoms with Crippen LogP contribution in [0.25, 0.3) is 0 Å². The zero-order chi connectivity index (χ0) is 17.8. The molecule has 1 aromatic carbocycles. The number of hydrogen-bond donors (Lipinski definition) is 0. The number of rotatable bonds is 4. The quantitative estimate of drug-likeness (QED) is 0.827. The van der Waals surface area contributed by atoms with E-state index < -0.39 is 0 Å². The predicted octanol–water partition coefficient (Wildman–Crippen LogP) is 0.994. The van der Waals surface area contributed by atoms with Gasteiger partial charge in [0, 0.05) is 51.8 Å². The molecule has 0 bridgehead atoms. The first kappa shape index (κ1) is 17.0. The average Bonchev–Trinajstić information content (AvgIpc) is 2.64. The lowest BCUT2D eigenvalue weighted by Crippen LogP contribution is -2.48. The van der Waals surface area contributed by atoms with Crippen LogP contribution in [0.1, 0.15) is 5.56 Å². The molecule has 7 heteroatoms. The second kappa shape index (κ2) is 7.36. The molecule has 0 spiro atoms. The molecule has 1 saturated heterocycles. The number of nitriles is 1. The highest BCUT2D eigenvalue weighted by molar-refractivity contribution is 5.50. The second-order valence-electron chi connectivity index (χ2n) is 6.14. The molecule has 25 heavy (non-hydrogen) atoms. The maximum atomic E-state index is 12.2. The van der Waals surface area contributed by atoms with Gasteiger partial charge in [-0.05, 0) is 24.3 Å². The molecule has 3 rings (SSSR count). The van der Waals surface area contributed by atoms with Crippen LogP contribution >= 0.6 is 0 Å². The highest BCUT2D eigenvalue weighted by Gasteiger charge is 2.23. The Hall–Kier alpha value is -2.85. The van der Waals surface area contributed by atoms with Gasteiger partial charge in [-0.25, -0.2) is 4.98 Å². The van der Waals surface area contributed by atoms with Gasteiger partial charge in [-0.15, -0.1) is 0 Å². The minimum atomic E-state index is -0.121. The maximum absolute atomic E-state index is 12.2. The largest absolute Gasteiger partial charge is 0.373 e. The molecule has 0 amide bonds. The van der Waals surface area contributed by atoms with E-state index >= 15 is 0 Å². The molecule has 2 aromatic rings. The zero-order valence-electron chi connectivity index (χ0n) is 14.4. The van der Waals surface area contributed by atoms with Crippen molar-refractivity contribution in [2.45, 2.75) is 6.10 Å². The van der Waals surface area contributed by atoms with E-state index in [2.05, 4.69) is 16.0 Å². The van der Waals surface area contributed by atoms with Gasteiger partial charge in [0.25, 0.3) is 5.56 Å². The molecule has 1 aliphatic rings. The van der Waals surface area contributed by atoms with Crippen LogP contribution in [-0.2, 0) is 11.8 Å². The van der Waals surface area contributed by atoms with Crippen molar-refractivity contribution in [3.05, 3.63) is 52.6 Å². The van der Waals surface area contributed by atoms with Crippen molar-refractivity contribution in [3.8, 4) is 6.07 Å². The number of aromatic nitrogens is 2. The number of morpholine rings is 1. The first-order chi connectivity index (χ1) is 12.1. The molecule has 7 nitrogen and oxygen atoms in total. The van der Waals surface area contributed by atoms with Crippen LogP contribution in [0.3, 0.4) is 0 Å². The molecule has 1 aliphatic heterocycles. The third kappa shape index (κ3) is 3.80. The molecule has 0 radical (unpaired) electrons. The lowest BCUT2D eigenvalue weighted by Gasteiger charge is -2.36. The smallest absolute Gasteiger partial charge is 0.293 e. The third-order valence-electron chi connectivity index (χ3n) is 4.34. The Balaban J connectivity index is 1.68. The topological polar surface area (TPSA) is 74.4 Å². The molecule has 130 valence electrons. The van der Waals surface area contributed by atoms with Gasteiger partial charge in [-0.1, -0.05) is 0 Å². The Labute approximate surface area is 146 Å². The van der Waals surface area contributed by atoms with E-state index in [-0.39, 0.29) is 11.7 Å². The monoisotopic (exact) mass is 339 g/mol. The molecule has 1 fully saturated rings. The Morgan fingerprint density at radius 3 is 2.88 bits per heavy atom. The van der Waals surface area contributed by atoms with E-state index in [9.17, 15) is 4.79 Å². The van der Waals surface area contributed by atoms with E-state index in [0.29, 0.717) is 24.5 Å². The molecular weight excluding hydrogens is 318 g/mol. The Morgan fingerprint density at radius 1 is 1.40 bits per heavy atom. The van der Waals surface area contributed by atoms with E-state index in [1.165, 1.54) is 4.57 Å². The predicted molar refractivity (Wildman–Crippen MR) is 95.9 cm³/mol. The van der Waals surface area contributed by atoms with Crippen LogP contribution in [0.15, 0.2) is 41.5 Å². The van der Waals surface area contributed by atoms with E-state index in [1.807, 2.05) is 36.2 Å². The van der Waals surface area contributed by atoms with Gasteiger partial charge in [0.2, 0.25) is 0 Å².